The summed E-state index contributed by atoms with van der Waals surface area (Å²) < 4.78 is 38.0. The lowest BCUT2D eigenvalue weighted by Gasteiger charge is -2.20. The monoisotopic (exact) mass is 405 g/mol. The molecule has 0 aliphatic heterocycles. The highest BCUT2D eigenvalue weighted by Gasteiger charge is 2.26. The van der Waals surface area contributed by atoms with E-state index in [0.717, 1.165) is 6.07 Å². The Kier molecular flexibility index (Phi) is 5.92. The second-order valence-corrected chi connectivity index (χ2v) is 8.50. The first-order chi connectivity index (χ1) is 13.0. The Labute approximate surface area is 162 Å². The fraction of sp³-hybridized carbons (Fsp3) is 0.278. The van der Waals surface area contributed by atoms with Gasteiger partial charge in [0.1, 0.15) is 0 Å². The van der Waals surface area contributed by atoms with Gasteiger partial charge >= 0.3 is 5.69 Å². The van der Waals surface area contributed by atoms with Crippen LogP contribution in [-0.2, 0) is 10.0 Å². The number of nitriles is 1. The Morgan fingerprint density at radius 1 is 1.11 bits per heavy atom. The Balaban J connectivity index is 2.48. The van der Waals surface area contributed by atoms with E-state index in [9.17, 15) is 18.5 Å². The molecule has 2 rings (SSSR count). The summed E-state index contributed by atoms with van der Waals surface area (Å²) in [6.45, 7) is 4.98. The number of sulfonamides is 1. The van der Waals surface area contributed by atoms with Gasteiger partial charge in [0.15, 0.2) is 11.5 Å². The fourth-order valence-corrected chi connectivity index (χ4v) is 3.73. The van der Waals surface area contributed by atoms with Crippen LogP contribution in [0.4, 0.5) is 5.69 Å². The number of nitrogens with one attached hydrogen (secondary N) is 1. The molecule has 28 heavy (non-hydrogen) atoms. The maximum Gasteiger partial charge on any atom is 0.312 e. The lowest BCUT2D eigenvalue weighted by molar-refractivity contribution is -0.385. The van der Waals surface area contributed by atoms with Crippen LogP contribution in [0.2, 0.25) is 0 Å². The second kappa shape index (κ2) is 7.84. The predicted molar refractivity (Wildman–Crippen MR) is 101 cm³/mol. The molecule has 0 aliphatic rings. The highest BCUT2D eigenvalue weighted by Crippen LogP contribution is 2.37. The zero-order valence-corrected chi connectivity index (χ0v) is 16.5. The minimum Gasteiger partial charge on any atom is -0.493 e. The molecule has 2 aromatic carbocycles. The van der Waals surface area contributed by atoms with Gasteiger partial charge in [-0.2, -0.15) is 5.26 Å². The third kappa shape index (κ3) is 4.97. The van der Waals surface area contributed by atoms with Gasteiger partial charge in [-0.3, -0.25) is 10.1 Å². The number of ether oxygens (including phenoxy) is 2. The van der Waals surface area contributed by atoms with Crippen LogP contribution in [-0.4, -0.2) is 26.0 Å². The maximum atomic E-state index is 12.4. The Morgan fingerprint density at radius 2 is 1.75 bits per heavy atom. The Bertz CT molecular complexity index is 1050. The largest absolute Gasteiger partial charge is 0.493 e. The molecule has 0 saturated heterocycles. The predicted octanol–water partition coefficient (Wildman–Crippen LogP) is 3.34. The van der Waals surface area contributed by atoms with Crippen LogP contribution in [0.25, 0.3) is 0 Å². The molecule has 1 N–H and O–H groups in total. The third-order valence-electron chi connectivity index (χ3n) is 3.39. The van der Waals surface area contributed by atoms with Crippen LogP contribution in [0, 0.1) is 21.4 Å². The molecular weight excluding hydrogens is 386 g/mol. The van der Waals surface area contributed by atoms with Gasteiger partial charge in [-0.05, 0) is 45.0 Å². The molecule has 0 atom stereocenters. The SMILES string of the molecule is COc1cc(C#N)ccc1Oc1ccc(S(=O)(=O)NC(C)(C)C)cc1[N+](=O)[O-]. The summed E-state index contributed by atoms with van der Waals surface area (Å²) in [7, 11) is -2.59. The van der Waals surface area contributed by atoms with Gasteiger partial charge in [0.2, 0.25) is 15.8 Å². The van der Waals surface area contributed by atoms with Gasteiger partial charge in [0.25, 0.3) is 0 Å². The average molecular weight is 405 g/mol. The number of nitro benzene ring substituents is 1. The number of hydrogen-bond donors (Lipinski definition) is 1. The van der Waals surface area contributed by atoms with Crippen LogP contribution < -0.4 is 14.2 Å². The van der Waals surface area contributed by atoms with E-state index in [1.807, 2.05) is 6.07 Å². The average Bonchev–Trinajstić information content (AvgIpc) is 2.60. The molecule has 0 radical (unpaired) electrons. The molecule has 2 aromatic rings. The molecule has 0 heterocycles. The molecule has 0 saturated carbocycles. The number of methoxy groups -OCH3 is 1. The van der Waals surface area contributed by atoms with Crippen molar-refractivity contribution in [3.8, 4) is 23.3 Å². The van der Waals surface area contributed by atoms with Crippen LogP contribution in [0.1, 0.15) is 26.3 Å². The summed E-state index contributed by atoms with van der Waals surface area (Å²) in [6, 6.07) is 9.62. The molecule has 0 bridgehead atoms. The number of benzene rings is 2. The molecular formula is C18H19N3O6S. The summed E-state index contributed by atoms with van der Waals surface area (Å²) in [4.78, 5) is 10.5. The molecule has 148 valence electrons. The van der Waals surface area contributed by atoms with Crippen molar-refractivity contribution in [2.45, 2.75) is 31.2 Å². The summed E-state index contributed by atoms with van der Waals surface area (Å²) in [5, 5.41) is 20.4. The molecule has 0 spiro atoms. The van der Waals surface area contributed by atoms with Gasteiger partial charge < -0.3 is 9.47 Å². The van der Waals surface area contributed by atoms with Crippen molar-refractivity contribution in [3.05, 3.63) is 52.1 Å². The highest BCUT2D eigenvalue weighted by atomic mass is 32.2. The molecule has 0 unspecified atom stereocenters. The van der Waals surface area contributed by atoms with Crippen LogP contribution in [0.5, 0.6) is 17.2 Å². The van der Waals surface area contributed by atoms with Crippen molar-refractivity contribution in [3.63, 3.8) is 0 Å². The van der Waals surface area contributed by atoms with Crippen molar-refractivity contribution >= 4 is 15.7 Å². The van der Waals surface area contributed by atoms with Crippen LogP contribution in [0.3, 0.4) is 0 Å². The van der Waals surface area contributed by atoms with Gasteiger partial charge in [0.05, 0.1) is 28.6 Å². The van der Waals surface area contributed by atoms with Crippen molar-refractivity contribution in [2.75, 3.05) is 7.11 Å². The minimum absolute atomic E-state index is 0.146. The lowest BCUT2D eigenvalue weighted by atomic mass is 10.1. The Morgan fingerprint density at radius 3 is 2.29 bits per heavy atom. The molecule has 0 amide bonds. The zero-order chi connectivity index (χ0) is 21.1. The summed E-state index contributed by atoms with van der Waals surface area (Å²) >= 11 is 0. The summed E-state index contributed by atoms with van der Waals surface area (Å²) in [5.41, 5.74) is -0.949. The van der Waals surface area contributed by atoms with E-state index in [4.69, 9.17) is 14.7 Å². The van der Waals surface area contributed by atoms with Crippen molar-refractivity contribution < 1.29 is 22.8 Å². The van der Waals surface area contributed by atoms with E-state index in [1.165, 1.54) is 37.4 Å². The molecule has 0 aliphatic carbocycles. The van der Waals surface area contributed by atoms with Crippen molar-refractivity contribution in [2.24, 2.45) is 0 Å². The second-order valence-electron chi connectivity index (χ2n) is 6.82. The topological polar surface area (TPSA) is 132 Å². The maximum absolute atomic E-state index is 12.4. The van der Waals surface area contributed by atoms with E-state index in [2.05, 4.69) is 4.72 Å². The van der Waals surface area contributed by atoms with E-state index >= 15 is 0 Å². The number of nitrogens with zero attached hydrogens (tertiary/aromatic N) is 2. The van der Waals surface area contributed by atoms with Gasteiger partial charge in [-0.25, -0.2) is 13.1 Å². The first kappa shape index (κ1) is 21.1. The van der Waals surface area contributed by atoms with E-state index < -0.39 is 26.2 Å². The Hall–Kier alpha value is -3.16. The molecule has 0 fully saturated rings. The first-order valence-electron chi connectivity index (χ1n) is 8.05. The molecule has 9 nitrogen and oxygen atoms in total. The quantitative estimate of drug-likeness (QED) is 0.576. The van der Waals surface area contributed by atoms with E-state index in [1.54, 1.807) is 20.8 Å². The number of hydrogen-bond acceptors (Lipinski definition) is 7. The summed E-state index contributed by atoms with van der Waals surface area (Å²) in [6.07, 6.45) is 0. The number of nitro groups is 1. The smallest absolute Gasteiger partial charge is 0.312 e. The summed E-state index contributed by atoms with van der Waals surface area (Å²) in [5.74, 6) is 0.190. The standard InChI is InChI=1S/C18H19N3O6S/c1-18(2,3)20-28(24,25)13-6-8-15(14(10-13)21(22)23)27-16-7-5-12(11-19)9-17(16)26-4/h5-10,20H,1-4H3. The lowest BCUT2D eigenvalue weighted by Crippen LogP contribution is -2.40. The van der Waals surface area contributed by atoms with Crippen molar-refractivity contribution in [1.29, 1.82) is 5.26 Å². The minimum atomic E-state index is -3.96. The highest BCUT2D eigenvalue weighted by molar-refractivity contribution is 7.89. The van der Waals surface area contributed by atoms with Gasteiger partial charge in [-0.1, -0.05) is 0 Å². The molecule has 0 aromatic heterocycles. The van der Waals surface area contributed by atoms with Crippen molar-refractivity contribution in [1.82, 2.24) is 4.72 Å². The molecule has 10 heteroatoms. The van der Waals surface area contributed by atoms with E-state index in [-0.39, 0.29) is 22.1 Å². The van der Waals surface area contributed by atoms with Crippen LogP contribution in [0.15, 0.2) is 41.3 Å². The third-order valence-corrected chi connectivity index (χ3v) is 5.15. The number of rotatable bonds is 6. The van der Waals surface area contributed by atoms with Gasteiger partial charge in [0, 0.05) is 17.7 Å². The van der Waals surface area contributed by atoms with E-state index in [0.29, 0.717) is 5.56 Å². The fourth-order valence-electron chi connectivity index (χ4n) is 2.30. The normalized spacial score (nSPS) is 11.5. The zero-order valence-electron chi connectivity index (χ0n) is 15.7. The van der Waals surface area contributed by atoms with Gasteiger partial charge in [-0.15, -0.1) is 0 Å². The van der Waals surface area contributed by atoms with Crippen LogP contribution >= 0.6 is 0 Å². The first-order valence-corrected chi connectivity index (χ1v) is 9.53.